The summed E-state index contributed by atoms with van der Waals surface area (Å²) in [7, 11) is 3.57. The maximum absolute atomic E-state index is 8.58. The van der Waals surface area contributed by atoms with Gasteiger partial charge in [-0.3, -0.25) is 0 Å². The topological polar surface area (TPSA) is 20.2 Å². The number of rotatable bonds is 5. The van der Waals surface area contributed by atoms with E-state index in [0.717, 1.165) is 12.2 Å². The predicted molar refractivity (Wildman–Crippen MR) is 61.2 cm³/mol. The van der Waals surface area contributed by atoms with Crippen molar-refractivity contribution in [1.29, 1.82) is 0 Å². The lowest BCUT2D eigenvalue weighted by Gasteiger charge is -2.00. The third-order valence-corrected chi connectivity index (χ3v) is 4.03. The summed E-state index contributed by atoms with van der Waals surface area (Å²) in [5, 5.41) is 8.58. The standard InChI is InChI=1S/C10H14OS2/c1-9-3-5-10(6-4-9)13-12-8-2-7-11/h3-6,11H,2,7-8H2,1H3. The average molecular weight is 214 g/mol. The quantitative estimate of drug-likeness (QED) is 0.601. The van der Waals surface area contributed by atoms with Crippen LogP contribution in [0.15, 0.2) is 29.2 Å². The van der Waals surface area contributed by atoms with E-state index in [1.165, 1.54) is 10.5 Å². The number of aliphatic hydroxyl groups is 1. The van der Waals surface area contributed by atoms with Crippen molar-refractivity contribution in [3.05, 3.63) is 29.8 Å². The number of aliphatic hydroxyl groups excluding tert-OH is 1. The molecular weight excluding hydrogens is 200 g/mol. The molecule has 0 radical (unpaired) electrons. The highest BCUT2D eigenvalue weighted by Gasteiger charge is 1.93. The van der Waals surface area contributed by atoms with Gasteiger partial charge in [0.2, 0.25) is 0 Å². The summed E-state index contributed by atoms with van der Waals surface area (Å²) < 4.78 is 0. The van der Waals surface area contributed by atoms with Crippen molar-refractivity contribution in [2.24, 2.45) is 0 Å². The summed E-state index contributed by atoms with van der Waals surface area (Å²) in [6, 6.07) is 8.50. The fourth-order valence-electron chi connectivity index (χ4n) is 0.827. The maximum Gasteiger partial charge on any atom is 0.0439 e. The van der Waals surface area contributed by atoms with Crippen LogP contribution in [0.2, 0.25) is 0 Å². The van der Waals surface area contributed by atoms with Crippen molar-refractivity contribution in [2.75, 3.05) is 12.4 Å². The third kappa shape index (κ3) is 4.60. The van der Waals surface area contributed by atoms with Crippen LogP contribution < -0.4 is 0 Å². The van der Waals surface area contributed by atoms with Gasteiger partial charge in [-0.2, -0.15) is 0 Å². The van der Waals surface area contributed by atoms with Gasteiger partial charge >= 0.3 is 0 Å². The average Bonchev–Trinajstić information content (AvgIpc) is 2.15. The Balaban J connectivity index is 2.25. The first kappa shape index (κ1) is 11.0. The molecule has 0 saturated heterocycles. The molecule has 0 bridgehead atoms. The van der Waals surface area contributed by atoms with E-state index < -0.39 is 0 Å². The van der Waals surface area contributed by atoms with E-state index in [-0.39, 0.29) is 0 Å². The lowest BCUT2D eigenvalue weighted by molar-refractivity contribution is 0.296. The molecule has 0 atom stereocenters. The maximum atomic E-state index is 8.58. The highest BCUT2D eigenvalue weighted by Crippen LogP contribution is 2.31. The van der Waals surface area contributed by atoms with Crippen LogP contribution in [0, 0.1) is 6.92 Å². The van der Waals surface area contributed by atoms with E-state index in [0.29, 0.717) is 6.61 Å². The lowest BCUT2D eigenvalue weighted by Crippen LogP contribution is -1.82. The van der Waals surface area contributed by atoms with Gasteiger partial charge in [-0.15, -0.1) is 0 Å². The van der Waals surface area contributed by atoms with E-state index in [1.807, 2.05) is 0 Å². The van der Waals surface area contributed by atoms with Crippen molar-refractivity contribution < 1.29 is 5.11 Å². The normalized spacial score (nSPS) is 10.3. The minimum Gasteiger partial charge on any atom is -0.396 e. The Morgan fingerprint density at radius 3 is 2.54 bits per heavy atom. The number of aryl methyl sites for hydroxylation is 1. The summed E-state index contributed by atoms with van der Waals surface area (Å²) in [4.78, 5) is 1.29. The van der Waals surface area contributed by atoms with Crippen molar-refractivity contribution in [2.45, 2.75) is 18.2 Å². The molecule has 1 N–H and O–H groups in total. The summed E-state index contributed by atoms with van der Waals surface area (Å²) in [6.45, 7) is 2.38. The molecule has 0 fully saturated rings. The Labute approximate surface area is 87.3 Å². The summed E-state index contributed by atoms with van der Waals surface area (Å²) >= 11 is 0. The number of hydrogen-bond donors (Lipinski definition) is 1. The Morgan fingerprint density at radius 2 is 1.92 bits per heavy atom. The van der Waals surface area contributed by atoms with Crippen LogP contribution in [0.1, 0.15) is 12.0 Å². The highest BCUT2D eigenvalue weighted by atomic mass is 33.1. The molecule has 0 heterocycles. The molecule has 1 nitrogen and oxygen atoms in total. The second-order valence-electron chi connectivity index (χ2n) is 2.80. The van der Waals surface area contributed by atoms with Crippen LogP contribution in [-0.2, 0) is 0 Å². The zero-order valence-electron chi connectivity index (χ0n) is 7.69. The zero-order valence-corrected chi connectivity index (χ0v) is 9.33. The van der Waals surface area contributed by atoms with Gasteiger partial charge < -0.3 is 5.11 Å². The molecule has 0 amide bonds. The van der Waals surface area contributed by atoms with Crippen LogP contribution in [-0.4, -0.2) is 17.5 Å². The van der Waals surface area contributed by atoms with Gasteiger partial charge in [-0.05, 0) is 25.5 Å². The zero-order chi connectivity index (χ0) is 9.52. The van der Waals surface area contributed by atoms with Crippen molar-refractivity contribution in [3.8, 4) is 0 Å². The molecule has 0 aliphatic carbocycles. The minimum absolute atomic E-state index is 0.293. The molecule has 1 rings (SSSR count). The molecular formula is C10H14OS2. The summed E-state index contributed by atoms with van der Waals surface area (Å²) in [6.07, 6.45) is 0.879. The highest BCUT2D eigenvalue weighted by molar-refractivity contribution is 8.76. The number of benzene rings is 1. The molecule has 0 aliphatic rings. The van der Waals surface area contributed by atoms with Crippen LogP contribution in [0.25, 0.3) is 0 Å². The van der Waals surface area contributed by atoms with Gasteiger partial charge in [0.1, 0.15) is 0 Å². The molecule has 0 saturated carbocycles. The fourth-order valence-corrected chi connectivity index (χ4v) is 2.89. The first-order valence-electron chi connectivity index (χ1n) is 4.30. The molecule has 1 aromatic rings. The Bertz CT molecular complexity index is 233. The molecule has 0 spiro atoms. The largest absolute Gasteiger partial charge is 0.396 e. The molecule has 3 heteroatoms. The van der Waals surface area contributed by atoms with Gasteiger partial charge in [-0.1, -0.05) is 39.3 Å². The Hall–Kier alpha value is -0.120. The van der Waals surface area contributed by atoms with Gasteiger partial charge in [-0.25, -0.2) is 0 Å². The van der Waals surface area contributed by atoms with Crippen LogP contribution in [0.5, 0.6) is 0 Å². The van der Waals surface area contributed by atoms with Crippen molar-refractivity contribution in [3.63, 3.8) is 0 Å². The minimum atomic E-state index is 0.293. The smallest absolute Gasteiger partial charge is 0.0439 e. The number of hydrogen-bond acceptors (Lipinski definition) is 3. The van der Waals surface area contributed by atoms with Crippen molar-refractivity contribution >= 4 is 21.6 Å². The molecule has 1 aromatic carbocycles. The third-order valence-electron chi connectivity index (χ3n) is 1.56. The van der Waals surface area contributed by atoms with Gasteiger partial charge in [0, 0.05) is 17.3 Å². The van der Waals surface area contributed by atoms with E-state index in [1.54, 1.807) is 21.6 Å². The second-order valence-corrected chi connectivity index (χ2v) is 5.28. The van der Waals surface area contributed by atoms with Gasteiger partial charge in [0.25, 0.3) is 0 Å². The lowest BCUT2D eigenvalue weighted by atomic mass is 10.2. The summed E-state index contributed by atoms with van der Waals surface area (Å²) in [5.41, 5.74) is 1.30. The fraction of sp³-hybridized carbons (Fsp3) is 0.400. The van der Waals surface area contributed by atoms with Gasteiger partial charge in [0.15, 0.2) is 0 Å². The van der Waals surface area contributed by atoms with Gasteiger partial charge in [0.05, 0.1) is 0 Å². The molecule has 0 aromatic heterocycles. The predicted octanol–water partition coefficient (Wildman–Crippen LogP) is 3.12. The van der Waals surface area contributed by atoms with E-state index in [2.05, 4.69) is 31.2 Å². The molecule has 0 aliphatic heterocycles. The Morgan fingerprint density at radius 1 is 1.23 bits per heavy atom. The van der Waals surface area contributed by atoms with E-state index >= 15 is 0 Å². The SMILES string of the molecule is Cc1ccc(SSCCCO)cc1. The van der Waals surface area contributed by atoms with Crippen LogP contribution >= 0.6 is 21.6 Å². The monoisotopic (exact) mass is 214 g/mol. The van der Waals surface area contributed by atoms with E-state index in [9.17, 15) is 0 Å². The first-order valence-corrected chi connectivity index (χ1v) is 6.62. The molecule has 72 valence electrons. The van der Waals surface area contributed by atoms with E-state index in [4.69, 9.17) is 5.11 Å². The molecule has 0 unspecified atom stereocenters. The first-order chi connectivity index (χ1) is 6.33. The van der Waals surface area contributed by atoms with Crippen LogP contribution in [0.4, 0.5) is 0 Å². The van der Waals surface area contributed by atoms with Crippen LogP contribution in [0.3, 0.4) is 0 Å². The van der Waals surface area contributed by atoms with Crippen molar-refractivity contribution in [1.82, 2.24) is 0 Å². The summed E-state index contributed by atoms with van der Waals surface area (Å²) in [5.74, 6) is 1.01. The second kappa shape index (κ2) is 6.35. The molecule has 13 heavy (non-hydrogen) atoms. The Kier molecular flexibility index (Phi) is 5.35.